The molecule has 106 valence electrons. The number of hydrogen-bond donors (Lipinski definition) is 1. The van der Waals surface area contributed by atoms with Gasteiger partial charge in [-0.2, -0.15) is 0 Å². The van der Waals surface area contributed by atoms with E-state index >= 15 is 0 Å². The van der Waals surface area contributed by atoms with Crippen LogP contribution in [0.15, 0.2) is 22.7 Å². The van der Waals surface area contributed by atoms with E-state index < -0.39 is 0 Å². The normalized spacial score (nSPS) is 11.1. The van der Waals surface area contributed by atoms with Crippen LogP contribution in [0.25, 0.3) is 11.4 Å². The Bertz CT molecular complexity index is 678. The molecule has 0 saturated carbocycles. The van der Waals surface area contributed by atoms with E-state index in [9.17, 15) is 0 Å². The first-order chi connectivity index (χ1) is 9.36. The summed E-state index contributed by atoms with van der Waals surface area (Å²) in [5.41, 5.74) is 1.86. The van der Waals surface area contributed by atoms with Gasteiger partial charge in [0.2, 0.25) is 0 Å². The largest absolute Gasteiger partial charge is 0.342 e. The SMILES string of the molecule is CC(C)Cc1[nH]c(-c2cc(Cl)cc(Cl)c2)nc(=S)c1Br. The lowest BCUT2D eigenvalue weighted by molar-refractivity contribution is 0.632. The summed E-state index contributed by atoms with van der Waals surface area (Å²) in [6.45, 7) is 4.30. The number of halogens is 3. The number of H-pyrrole nitrogens is 1. The smallest absolute Gasteiger partial charge is 0.144 e. The summed E-state index contributed by atoms with van der Waals surface area (Å²) in [6.07, 6.45) is 0.883. The number of benzene rings is 1. The van der Waals surface area contributed by atoms with Crippen molar-refractivity contribution in [3.05, 3.63) is 43.1 Å². The van der Waals surface area contributed by atoms with E-state index in [2.05, 4.69) is 39.7 Å². The van der Waals surface area contributed by atoms with Crippen molar-refractivity contribution in [1.82, 2.24) is 9.97 Å². The molecule has 1 N–H and O–H groups in total. The highest BCUT2D eigenvalue weighted by molar-refractivity contribution is 9.10. The van der Waals surface area contributed by atoms with Gasteiger partial charge in [-0.25, -0.2) is 4.98 Å². The molecule has 0 atom stereocenters. The van der Waals surface area contributed by atoms with Gasteiger partial charge in [-0.1, -0.05) is 49.3 Å². The van der Waals surface area contributed by atoms with Gasteiger partial charge in [0.05, 0.1) is 4.47 Å². The lowest BCUT2D eigenvalue weighted by atomic mass is 10.1. The van der Waals surface area contributed by atoms with Crippen molar-refractivity contribution in [2.75, 3.05) is 0 Å². The maximum absolute atomic E-state index is 6.03. The highest BCUT2D eigenvalue weighted by Crippen LogP contribution is 2.27. The Balaban J connectivity index is 2.57. The second-order valence-electron chi connectivity index (χ2n) is 4.94. The van der Waals surface area contributed by atoms with E-state index in [1.807, 2.05) is 12.1 Å². The van der Waals surface area contributed by atoms with E-state index in [1.54, 1.807) is 6.07 Å². The Labute approximate surface area is 141 Å². The topological polar surface area (TPSA) is 28.7 Å². The molecule has 20 heavy (non-hydrogen) atoms. The van der Waals surface area contributed by atoms with E-state index in [4.69, 9.17) is 35.4 Å². The lowest BCUT2D eigenvalue weighted by Gasteiger charge is -2.11. The van der Waals surface area contributed by atoms with Gasteiger partial charge in [0.1, 0.15) is 10.5 Å². The fraction of sp³-hybridized carbons (Fsp3) is 0.286. The van der Waals surface area contributed by atoms with Gasteiger partial charge in [0, 0.05) is 21.3 Å². The van der Waals surface area contributed by atoms with Gasteiger partial charge in [0.15, 0.2) is 0 Å². The fourth-order valence-corrected chi connectivity index (χ4v) is 2.97. The zero-order chi connectivity index (χ0) is 14.9. The number of nitrogens with one attached hydrogen (secondary N) is 1. The molecule has 0 fully saturated rings. The van der Waals surface area contributed by atoms with Gasteiger partial charge < -0.3 is 4.98 Å². The van der Waals surface area contributed by atoms with Crippen LogP contribution in [0.4, 0.5) is 0 Å². The first-order valence-electron chi connectivity index (χ1n) is 6.12. The molecule has 0 aliphatic heterocycles. The molecule has 1 aromatic heterocycles. The van der Waals surface area contributed by atoms with Crippen molar-refractivity contribution in [3.8, 4) is 11.4 Å². The maximum Gasteiger partial charge on any atom is 0.144 e. The van der Waals surface area contributed by atoms with E-state index in [0.717, 1.165) is 22.2 Å². The van der Waals surface area contributed by atoms with Crippen LogP contribution < -0.4 is 0 Å². The summed E-state index contributed by atoms with van der Waals surface area (Å²) in [6, 6.07) is 5.32. The Morgan fingerprint density at radius 1 is 1.25 bits per heavy atom. The van der Waals surface area contributed by atoms with Crippen molar-refractivity contribution in [3.63, 3.8) is 0 Å². The molecule has 0 saturated heterocycles. The maximum atomic E-state index is 6.03. The van der Waals surface area contributed by atoms with Crippen LogP contribution in [0.3, 0.4) is 0 Å². The van der Waals surface area contributed by atoms with Crippen LogP contribution in [-0.4, -0.2) is 9.97 Å². The second kappa shape index (κ2) is 6.56. The molecule has 0 bridgehead atoms. The number of rotatable bonds is 3. The highest BCUT2D eigenvalue weighted by atomic mass is 79.9. The molecule has 6 heteroatoms. The van der Waals surface area contributed by atoms with E-state index in [-0.39, 0.29) is 0 Å². The highest BCUT2D eigenvalue weighted by Gasteiger charge is 2.10. The second-order valence-corrected chi connectivity index (χ2v) is 6.99. The third-order valence-electron chi connectivity index (χ3n) is 2.68. The fourth-order valence-electron chi connectivity index (χ4n) is 1.88. The van der Waals surface area contributed by atoms with Crippen LogP contribution in [0.1, 0.15) is 19.5 Å². The van der Waals surface area contributed by atoms with Crippen molar-refractivity contribution < 1.29 is 0 Å². The minimum absolute atomic E-state index is 0.509. The molecule has 1 aromatic carbocycles. The molecule has 0 radical (unpaired) electrons. The molecule has 1 heterocycles. The quantitative estimate of drug-likeness (QED) is 0.642. The zero-order valence-corrected chi connectivity index (χ0v) is 14.9. The minimum Gasteiger partial charge on any atom is -0.342 e. The lowest BCUT2D eigenvalue weighted by Crippen LogP contribution is -2.02. The Hall–Kier alpha value is -0.420. The van der Waals surface area contributed by atoms with Gasteiger partial charge in [0.25, 0.3) is 0 Å². The Kier molecular flexibility index (Phi) is 5.24. The number of nitrogens with zero attached hydrogens (tertiary/aromatic N) is 1. The third-order valence-corrected chi connectivity index (χ3v) is 4.53. The molecule has 2 aromatic rings. The van der Waals surface area contributed by atoms with Crippen molar-refractivity contribution in [2.45, 2.75) is 20.3 Å². The van der Waals surface area contributed by atoms with Crippen LogP contribution in [0.5, 0.6) is 0 Å². The molecule has 0 amide bonds. The first kappa shape index (κ1) is 16.0. The van der Waals surface area contributed by atoms with Gasteiger partial charge in [-0.15, -0.1) is 0 Å². The van der Waals surface area contributed by atoms with Gasteiger partial charge >= 0.3 is 0 Å². The average Bonchev–Trinajstić information content (AvgIpc) is 2.32. The number of aromatic nitrogens is 2. The number of aromatic amines is 1. The monoisotopic (exact) mass is 390 g/mol. The summed E-state index contributed by atoms with van der Waals surface area (Å²) < 4.78 is 1.38. The summed E-state index contributed by atoms with van der Waals surface area (Å²) in [4.78, 5) is 7.70. The van der Waals surface area contributed by atoms with Gasteiger partial charge in [-0.05, 0) is 46.5 Å². The molecular weight excluding hydrogens is 379 g/mol. The van der Waals surface area contributed by atoms with E-state index in [1.165, 1.54) is 0 Å². The molecular formula is C14H13BrCl2N2S. The van der Waals surface area contributed by atoms with Crippen molar-refractivity contribution >= 4 is 51.3 Å². The molecule has 0 spiro atoms. The number of hydrogen-bond acceptors (Lipinski definition) is 2. The summed E-state index contributed by atoms with van der Waals surface area (Å²) in [5, 5.41) is 1.14. The zero-order valence-electron chi connectivity index (χ0n) is 11.0. The summed E-state index contributed by atoms with van der Waals surface area (Å²) in [7, 11) is 0. The molecule has 2 nitrogen and oxygen atoms in total. The van der Waals surface area contributed by atoms with Crippen molar-refractivity contribution in [1.29, 1.82) is 0 Å². The van der Waals surface area contributed by atoms with Crippen LogP contribution in [0, 0.1) is 10.6 Å². The molecule has 0 aliphatic rings. The van der Waals surface area contributed by atoms with Crippen molar-refractivity contribution in [2.24, 2.45) is 5.92 Å². The van der Waals surface area contributed by atoms with E-state index in [0.29, 0.717) is 26.4 Å². The average molecular weight is 392 g/mol. The summed E-state index contributed by atoms with van der Waals surface area (Å²) >= 11 is 20.9. The van der Waals surface area contributed by atoms with Gasteiger partial charge in [-0.3, -0.25) is 0 Å². The molecule has 0 unspecified atom stereocenters. The predicted octanol–water partition coefficient (Wildman–Crippen LogP) is 6.07. The minimum atomic E-state index is 0.509. The Morgan fingerprint density at radius 2 is 1.85 bits per heavy atom. The molecule has 2 rings (SSSR count). The van der Waals surface area contributed by atoms with Crippen LogP contribution in [0.2, 0.25) is 10.0 Å². The van der Waals surface area contributed by atoms with Crippen LogP contribution in [-0.2, 0) is 6.42 Å². The first-order valence-corrected chi connectivity index (χ1v) is 8.07. The predicted molar refractivity (Wildman–Crippen MR) is 91.1 cm³/mol. The van der Waals surface area contributed by atoms with Crippen LogP contribution >= 0.6 is 51.3 Å². The summed E-state index contributed by atoms with van der Waals surface area (Å²) in [5.74, 6) is 1.19. The molecule has 0 aliphatic carbocycles. The Morgan fingerprint density at radius 3 is 2.40 bits per heavy atom. The third kappa shape index (κ3) is 3.82. The standard InChI is InChI=1S/C14H13BrCl2N2S/c1-7(2)3-11-12(15)14(20)19-13(18-11)8-4-9(16)6-10(17)5-8/h4-7H,3H2,1-2H3,(H,18,19,20).